The summed E-state index contributed by atoms with van der Waals surface area (Å²) in [5.74, 6) is 0. The summed E-state index contributed by atoms with van der Waals surface area (Å²) in [5, 5.41) is 10.9. The van der Waals surface area contributed by atoms with E-state index in [0.717, 1.165) is 11.8 Å². The molecule has 116 valence electrons. The maximum absolute atomic E-state index is 12.3. The van der Waals surface area contributed by atoms with Crippen molar-refractivity contribution in [3.05, 3.63) is 58.6 Å². The second kappa shape index (κ2) is 6.02. The summed E-state index contributed by atoms with van der Waals surface area (Å²) in [6.45, 7) is 0. The van der Waals surface area contributed by atoms with Crippen molar-refractivity contribution in [2.45, 2.75) is 4.90 Å². The van der Waals surface area contributed by atoms with Crippen molar-refractivity contribution in [1.29, 1.82) is 0 Å². The maximum atomic E-state index is 12.3. The Balaban J connectivity index is 2.34. The van der Waals surface area contributed by atoms with Gasteiger partial charge in [0.15, 0.2) is 4.90 Å². The number of benzene rings is 2. The van der Waals surface area contributed by atoms with Crippen molar-refractivity contribution in [1.82, 2.24) is 0 Å². The lowest BCUT2D eigenvalue weighted by Crippen LogP contribution is -2.15. The van der Waals surface area contributed by atoms with Crippen LogP contribution in [0, 0.1) is 10.1 Å². The van der Waals surface area contributed by atoms with Gasteiger partial charge in [0.25, 0.3) is 15.7 Å². The zero-order valence-corrected chi connectivity index (χ0v) is 12.9. The number of nitrogens with zero attached hydrogens (tertiary/aromatic N) is 2. The average Bonchev–Trinajstić information content (AvgIpc) is 2.47. The monoisotopic (exact) mass is 321 g/mol. The van der Waals surface area contributed by atoms with Crippen LogP contribution in [0.25, 0.3) is 0 Å². The highest BCUT2D eigenvalue weighted by Gasteiger charge is 2.25. The van der Waals surface area contributed by atoms with E-state index in [9.17, 15) is 18.5 Å². The Morgan fingerprint density at radius 1 is 1.05 bits per heavy atom. The molecular formula is C14H15N3O4S. The number of sulfonamides is 1. The van der Waals surface area contributed by atoms with Crippen LogP contribution in [0.4, 0.5) is 17.1 Å². The highest BCUT2D eigenvalue weighted by Crippen LogP contribution is 2.25. The molecule has 0 amide bonds. The zero-order valence-electron chi connectivity index (χ0n) is 12.1. The summed E-state index contributed by atoms with van der Waals surface area (Å²) in [6.07, 6.45) is 0. The van der Waals surface area contributed by atoms with Crippen LogP contribution in [0.15, 0.2) is 53.4 Å². The number of anilines is 2. The van der Waals surface area contributed by atoms with E-state index in [1.54, 1.807) is 24.3 Å². The molecule has 0 fully saturated rings. The van der Waals surface area contributed by atoms with Crippen molar-refractivity contribution in [2.24, 2.45) is 0 Å². The molecule has 0 aliphatic heterocycles. The van der Waals surface area contributed by atoms with E-state index in [2.05, 4.69) is 4.72 Å². The van der Waals surface area contributed by atoms with Crippen LogP contribution in [0.1, 0.15) is 0 Å². The molecule has 0 aliphatic carbocycles. The topological polar surface area (TPSA) is 92.6 Å². The SMILES string of the molecule is CN(C)c1ccc(NS(=O)(=O)c2ccccc2[N+](=O)[O-])cc1. The third-order valence-electron chi connectivity index (χ3n) is 2.99. The van der Waals surface area contributed by atoms with E-state index in [-0.39, 0.29) is 4.90 Å². The number of nitro benzene ring substituents is 1. The van der Waals surface area contributed by atoms with Crippen LogP contribution in [0.3, 0.4) is 0 Å². The van der Waals surface area contributed by atoms with Gasteiger partial charge in [-0.05, 0) is 30.3 Å². The van der Waals surface area contributed by atoms with E-state index in [4.69, 9.17) is 0 Å². The molecule has 0 aliphatic rings. The minimum absolute atomic E-state index is 0.337. The van der Waals surface area contributed by atoms with E-state index in [1.165, 1.54) is 18.2 Å². The van der Waals surface area contributed by atoms with Gasteiger partial charge >= 0.3 is 0 Å². The molecule has 0 radical (unpaired) electrons. The van der Waals surface area contributed by atoms with Crippen molar-refractivity contribution in [3.63, 3.8) is 0 Å². The van der Waals surface area contributed by atoms with Crippen LogP contribution >= 0.6 is 0 Å². The summed E-state index contributed by atoms with van der Waals surface area (Å²) in [4.78, 5) is 11.7. The predicted molar refractivity (Wildman–Crippen MR) is 84.7 cm³/mol. The molecule has 2 rings (SSSR count). The normalized spacial score (nSPS) is 11.0. The summed E-state index contributed by atoms with van der Waals surface area (Å²) in [5.41, 5.74) is 0.789. The summed E-state index contributed by atoms with van der Waals surface area (Å²) >= 11 is 0. The second-order valence-corrected chi connectivity index (χ2v) is 6.42. The third kappa shape index (κ3) is 3.34. The van der Waals surface area contributed by atoms with Crippen molar-refractivity contribution in [3.8, 4) is 0 Å². The van der Waals surface area contributed by atoms with Gasteiger partial charge in [0.2, 0.25) is 0 Å². The number of hydrogen-bond acceptors (Lipinski definition) is 5. The first-order valence-corrected chi connectivity index (χ1v) is 7.83. The summed E-state index contributed by atoms with van der Waals surface area (Å²) in [7, 11) is -0.292. The molecular weight excluding hydrogens is 306 g/mol. The highest BCUT2D eigenvalue weighted by atomic mass is 32.2. The molecule has 8 heteroatoms. The van der Waals surface area contributed by atoms with Crippen LogP contribution in [-0.4, -0.2) is 27.4 Å². The molecule has 0 atom stereocenters. The van der Waals surface area contributed by atoms with Gasteiger partial charge in [0.1, 0.15) is 0 Å². The fraction of sp³-hybridized carbons (Fsp3) is 0.143. The molecule has 0 heterocycles. The van der Waals surface area contributed by atoms with E-state index in [1.807, 2.05) is 19.0 Å². The van der Waals surface area contributed by atoms with Gasteiger partial charge in [-0.2, -0.15) is 0 Å². The van der Waals surface area contributed by atoms with Gasteiger partial charge in [-0.15, -0.1) is 0 Å². The van der Waals surface area contributed by atoms with Crippen molar-refractivity contribution in [2.75, 3.05) is 23.7 Å². The van der Waals surface area contributed by atoms with Crippen LogP contribution < -0.4 is 9.62 Å². The van der Waals surface area contributed by atoms with E-state index < -0.39 is 20.6 Å². The number of hydrogen-bond donors (Lipinski definition) is 1. The molecule has 1 N–H and O–H groups in total. The Morgan fingerprint density at radius 3 is 2.18 bits per heavy atom. The van der Waals surface area contributed by atoms with E-state index >= 15 is 0 Å². The third-order valence-corrected chi connectivity index (χ3v) is 4.42. The summed E-state index contributed by atoms with van der Waals surface area (Å²) < 4.78 is 27.0. The zero-order chi connectivity index (χ0) is 16.3. The molecule has 0 bridgehead atoms. The number of rotatable bonds is 5. The standard InChI is InChI=1S/C14H15N3O4S/c1-16(2)12-9-7-11(8-10-12)15-22(20,21)14-6-4-3-5-13(14)17(18)19/h3-10,15H,1-2H3. The average molecular weight is 321 g/mol. The maximum Gasteiger partial charge on any atom is 0.289 e. The first-order valence-electron chi connectivity index (χ1n) is 6.35. The van der Waals surface area contributed by atoms with Crippen LogP contribution in [0.5, 0.6) is 0 Å². The molecule has 2 aromatic rings. The number of para-hydroxylation sites is 1. The van der Waals surface area contributed by atoms with Crippen LogP contribution in [0.2, 0.25) is 0 Å². The number of nitro groups is 1. The molecule has 0 spiro atoms. The van der Waals surface area contributed by atoms with Gasteiger partial charge in [-0.25, -0.2) is 8.42 Å². The van der Waals surface area contributed by atoms with Crippen molar-refractivity contribution >= 4 is 27.1 Å². The minimum atomic E-state index is -4.03. The van der Waals surface area contributed by atoms with Gasteiger partial charge in [0, 0.05) is 31.5 Å². The molecule has 0 saturated heterocycles. The minimum Gasteiger partial charge on any atom is -0.378 e. The first kappa shape index (κ1) is 15.8. The van der Waals surface area contributed by atoms with Gasteiger partial charge < -0.3 is 4.90 Å². The molecule has 2 aromatic carbocycles. The summed E-state index contributed by atoms with van der Waals surface area (Å²) in [6, 6.07) is 11.9. The van der Waals surface area contributed by atoms with Gasteiger partial charge in [0.05, 0.1) is 4.92 Å². The Morgan fingerprint density at radius 2 is 1.64 bits per heavy atom. The first-order chi connectivity index (χ1) is 10.3. The molecule has 0 unspecified atom stereocenters. The Labute approximate surface area is 128 Å². The smallest absolute Gasteiger partial charge is 0.289 e. The lowest BCUT2D eigenvalue weighted by atomic mass is 10.3. The molecule has 0 saturated carbocycles. The molecule has 7 nitrogen and oxygen atoms in total. The number of nitrogens with one attached hydrogen (secondary N) is 1. The van der Waals surface area contributed by atoms with Crippen LogP contribution in [-0.2, 0) is 10.0 Å². The Kier molecular flexibility index (Phi) is 4.32. The Bertz CT molecular complexity index is 786. The van der Waals surface area contributed by atoms with Gasteiger partial charge in [-0.1, -0.05) is 12.1 Å². The predicted octanol–water partition coefficient (Wildman–Crippen LogP) is 2.46. The quantitative estimate of drug-likeness (QED) is 0.674. The molecule has 0 aromatic heterocycles. The molecule has 22 heavy (non-hydrogen) atoms. The Hall–Kier alpha value is -2.61. The fourth-order valence-electron chi connectivity index (χ4n) is 1.87. The highest BCUT2D eigenvalue weighted by molar-refractivity contribution is 7.92. The lowest BCUT2D eigenvalue weighted by molar-refractivity contribution is -0.387. The fourth-order valence-corrected chi connectivity index (χ4v) is 3.10. The lowest BCUT2D eigenvalue weighted by Gasteiger charge is -2.13. The van der Waals surface area contributed by atoms with E-state index in [0.29, 0.717) is 5.69 Å². The van der Waals surface area contributed by atoms with Gasteiger partial charge in [-0.3, -0.25) is 14.8 Å². The largest absolute Gasteiger partial charge is 0.378 e. The second-order valence-electron chi connectivity index (χ2n) is 4.77. The van der Waals surface area contributed by atoms with Crippen molar-refractivity contribution < 1.29 is 13.3 Å².